The summed E-state index contributed by atoms with van der Waals surface area (Å²) >= 11 is 0. The van der Waals surface area contributed by atoms with Gasteiger partial charge in [0.2, 0.25) is 15.9 Å². The summed E-state index contributed by atoms with van der Waals surface area (Å²) < 4.78 is 48.6. The van der Waals surface area contributed by atoms with Gasteiger partial charge in [0.25, 0.3) is 0 Å². The first-order valence-corrected chi connectivity index (χ1v) is 15.6. The number of halogens is 1. The molecule has 0 saturated carbocycles. The van der Waals surface area contributed by atoms with Crippen LogP contribution in [0.15, 0.2) is 71.9 Å². The molecule has 0 radical (unpaired) electrons. The Bertz CT molecular complexity index is 1630. The molecule has 13 heteroatoms. The number of amides is 3. The van der Waals surface area contributed by atoms with E-state index in [4.69, 9.17) is 4.74 Å². The molecule has 43 heavy (non-hydrogen) atoms. The molecule has 1 spiro atoms. The van der Waals surface area contributed by atoms with Gasteiger partial charge in [0.1, 0.15) is 22.5 Å². The summed E-state index contributed by atoms with van der Waals surface area (Å²) in [5, 5.41) is 16.3. The summed E-state index contributed by atoms with van der Waals surface area (Å²) in [6, 6.07) is 12.6. The fourth-order valence-electron chi connectivity index (χ4n) is 6.01. The smallest absolute Gasteiger partial charge is 0.321 e. The highest BCUT2D eigenvalue weighted by Gasteiger charge is 2.47. The summed E-state index contributed by atoms with van der Waals surface area (Å²) in [6.07, 6.45) is 3.43. The summed E-state index contributed by atoms with van der Waals surface area (Å²) in [5.41, 5.74) is 1.07. The predicted octanol–water partition coefficient (Wildman–Crippen LogP) is 2.98. The van der Waals surface area contributed by atoms with E-state index in [0.717, 1.165) is 15.4 Å². The molecule has 2 aromatic carbocycles. The maximum absolute atomic E-state index is 13.9. The number of likely N-dealkylation sites (tertiary alicyclic amines) is 1. The largest absolute Gasteiger partial charge is 0.492 e. The van der Waals surface area contributed by atoms with E-state index in [2.05, 4.69) is 15.6 Å². The van der Waals surface area contributed by atoms with E-state index in [1.165, 1.54) is 24.3 Å². The third-order valence-electron chi connectivity index (χ3n) is 8.37. The van der Waals surface area contributed by atoms with Crippen molar-refractivity contribution in [3.63, 3.8) is 0 Å². The molecule has 3 amide bonds. The van der Waals surface area contributed by atoms with Crippen molar-refractivity contribution in [2.24, 2.45) is 0 Å². The number of carbonyl (C=O) groups is 2. The molecule has 2 fully saturated rings. The average molecular weight is 610 g/mol. The van der Waals surface area contributed by atoms with Gasteiger partial charge in [0, 0.05) is 61.7 Å². The number of sulfonamides is 1. The van der Waals surface area contributed by atoms with Gasteiger partial charge >= 0.3 is 6.03 Å². The van der Waals surface area contributed by atoms with Crippen molar-refractivity contribution in [1.82, 2.24) is 19.5 Å². The minimum Gasteiger partial charge on any atom is -0.492 e. The van der Waals surface area contributed by atoms with Gasteiger partial charge in [-0.15, -0.1) is 0 Å². The molecule has 3 aliphatic heterocycles. The molecule has 3 N–H and O–H groups in total. The lowest BCUT2D eigenvalue weighted by atomic mass is 9.84. The fraction of sp³-hybridized carbons (Fsp3) is 0.367. The zero-order valence-corrected chi connectivity index (χ0v) is 24.1. The van der Waals surface area contributed by atoms with Crippen LogP contribution in [0.5, 0.6) is 5.75 Å². The Labute approximate surface area is 248 Å². The Kier molecular flexibility index (Phi) is 7.79. The second kappa shape index (κ2) is 11.5. The normalized spacial score (nSPS) is 23.3. The van der Waals surface area contributed by atoms with Crippen LogP contribution >= 0.6 is 0 Å². The Hall–Kier alpha value is -4.07. The van der Waals surface area contributed by atoms with Gasteiger partial charge in [-0.2, -0.15) is 4.31 Å². The van der Waals surface area contributed by atoms with Crippen LogP contribution in [0, 0.1) is 5.82 Å². The second-order valence-corrected chi connectivity index (χ2v) is 13.0. The quantitative estimate of drug-likeness (QED) is 0.406. The Morgan fingerprint density at radius 2 is 1.91 bits per heavy atom. The molecule has 2 saturated heterocycles. The molecule has 3 aliphatic rings. The SMILES string of the molecule is O=C1NC2(CCOc3cc(-c4cccnc4)ccc3S(=O)(=O)N3C[C@H](O)C[C@@H]13)CCN(C(=O)Nc1cccc(F)c1)CC2. The van der Waals surface area contributed by atoms with Crippen LogP contribution < -0.4 is 15.4 Å². The number of rotatable bonds is 2. The van der Waals surface area contributed by atoms with Crippen LogP contribution in [0.2, 0.25) is 0 Å². The summed E-state index contributed by atoms with van der Waals surface area (Å²) in [7, 11) is -4.21. The predicted molar refractivity (Wildman–Crippen MR) is 155 cm³/mol. The molecule has 2 atom stereocenters. The van der Waals surface area contributed by atoms with Crippen LogP contribution in [0.25, 0.3) is 11.1 Å². The Morgan fingerprint density at radius 1 is 1.09 bits per heavy atom. The highest BCUT2D eigenvalue weighted by Crippen LogP contribution is 2.37. The number of anilines is 1. The van der Waals surface area contributed by atoms with Gasteiger partial charge in [-0.25, -0.2) is 17.6 Å². The van der Waals surface area contributed by atoms with E-state index < -0.39 is 39.4 Å². The highest BCUT2D eigenvalue weighted by atomic mass is 32.2. The van der Waals surface area contributed by atoms with Crippen LogP contribution in [0.4, 0.5) is 14.9 Å². The van der Waals surface area contributed by atoms with E-state index in [1.54, 1.807) is 41.6 Å². The number of nitrogens with one attached hydrogen (secondary N) is 2. The van der Waals surface area contributed by atoms with E-state index in [0.29, 0.717) is 38.0 Å². The first kappa shape index (κ1) is 29.0. The summed E-state index contributed by atoms with van der Waals surface area (Å²) in [5.74, 6) is -0.802. The number of aromatic nitrogens is 1. The lowest BCUT2D eigenvalue weighted by Gasteiger charge is -2.43. The lowest BCUT2D eigenvalue weighted by molar-refractivity contribution is -0.127. The monoisotopic (exact) mass is 609 g/mol. The molecule has 0 bridgehead atoms. The number of hydrogen-bond acceptors (Lipinski definition) is 7. The van der Waals surface area contributed by atoms with Gasteiger partial charge in [-0.1, -0.05) is 18.2 Å². The van der Waals surface area contributed by atoms with Gasteiger partial charge in [0.15, 0.2) is 0 Å². The summed E-state index contributed by atoms with van der Waals surface area (Å²) in [4.78, 5) is 32.2. The maximum Gasteiger partial charge on any atom is 0.321 e. The van der Waals surface area contributed by atoms with E-state index in [1.807, 2.05) is 6.07 Å². The molecule has 0 unspecified atom stereocenters. The number of aliphatic hydroxyl groups excluding tert-OH is 1. The number of piperidine rings is 1. The van der Waals surface area contributed by atoms with E-state index >= 15 is 0 Å². The number of benzene rings is 2. The molecule has 11 nitrogen and oxygen atoms in total. The van der Waals surface area contributed by atoms with Gasteiger partial charge in [-0.3, -0.25) is 9.78 Å². The van der Waals surface area contributed by atoms with E-state index in [9.17, 15) is 27.5 Å². The molecule has 0 aliphatic carbocycles. The van der Waals surface area contributed by atoms with Crippen molar-refractivity contribution in [2.75, 3.05) is 31.6 Å². The number of hydrogen-bond donors (Lipinski definition) is 3. The number of urea groups is 1. The van der Waals surface area contributed by atoms with Crippen LogP contribution in [0.1, 0.15) is 25.7 Å². The molecule has 3 aromatic rings. The average Bonchev–Trinajstić information content (AvgIpc) is 3.40. The molecular weight excluding hydrogens is 577 g/mol. The topological polar surface area (TPSA) is 141 Å². The number of fused-ring (bicyclic) bond motifs is 2. The molecule has 4 heterocycles. The zero-order chi connectivity index (χ0) is 30.2. The molecule has 226 valence electrons. The zero-order valence-electron chi connectivity index (χ0n) is 23.3. The number of aliphatic hydroxyl groups is 1. The van der Waals surface area contributed by atoms with Crippen molar-refractivity contribution in [2.45, 2.75) is 48.3 Å². The van der Waals surface area contributed by atoms with Crippen LogP contribution in [0.3, 0.4) is 0 Å². The van der Waals surface area contributed by atoms with Crippen molar-refractivity contribution < 1.29 is 32.2 Å². The summed E-state index contributed by atoms with van der Waals surface area (Å²) in [6.45, 7) is 0.504. The third kappa shape index (κ3) is 5.92. The fourth-order valence-corrected chi connectivity index (χ4v) is 7.76. The molecule has 6 rings (SSSR count). The van der Waals surface area contributed by atoms with Crippen molar-refractivity contribution in [3.8, 4) is 16.9 Å². The van der Waals surface area contributed by atoms with Crippen LogP contribution in [-0.2, 0) is 14.8 Å². The Balaban J connectivity index is 1.27. The first-order valence-electron chi connectivity index (χ1n) is 14.1. The third-order valence-corrected chi connectivity index (χ3v) is 10.3. The number of pyridine rings is 1. The number of carbonyl (C=O) groups excluding carboxylic acids is 2. The minimum absolute atomic E-state index is 0.0345. The first-order chi connectivity index (χ1) is 20.6. The highest BCUT2D eigenvalue weighted by molar-refractivity contribution is 7.89. The van der Waals surface area contributed by atoms with Gasteiger partial charge in [0.05, 0.1) is 12.7 Å². The molecular formula is C30H32FN5O6S. The standard InChI is InChI=1S/C30H32FN5O6S/c31-22-4-1-5-23(16-22)33-29(39)35-12-8-30(9-13-35)10-14-42-26-15-20(21-3-2-11-32-18-21)6-7-27(26)43(40,41)36-19-24(37)17-25(36)28(38)34-30/h1-7,11,15-16,18,24-25,37H,8-10,12-14,17,19H2,(H,33,39)(H,34,38)/t24-,25+/m1/s1. The van der Waals surface area contributed by atoms with Crippen molar-refractivity contribution >= 4 is 27.6 Å². The van der Waals surface area contributed by atoms with Crippen molar-refractivity contribution in [1.29, 1.82) is 0 Å². The maximum atomic E-state index is 13.9. The van der Waals surface area contributed by atoms with Crippen LogP contribution in [-0.4, -0.2) is 83.6 Å². The van der Waals surface area contributed by atoms with Gasteiger partial charge in [-0.05, 0) is 54.8 Å². The number of ether oxygens (including phenoxy) is 1. The van der Waals surface area contributed by atoms with E-state index in [-0.39, 0.29) is 36.2 Å². The van der Waals surface area contributed by atoms with Crippen molar-refractivity contribution in [3.05, 3.63) is 72.8 Å². The number of nitrogens with zero attached hydrogens (tertiary/aromatic N) is 3. The minimum atomic E-state index is -4.21. The lowest BCUT2D eigenvalue weighted by Crippen LogP contribution is -2.60. The molecule has 1 aromatic heterocycles. The second-order valence-electron chi connectivity index (χ2n) is 11.2. The Morgan fingerprint density at radius 3 is 2.65 bits per heavy atom. The van der Waals surface area contributed by atoms with Gasteiger partial charge < -0.3 is 25.4 Å².